The molecule has 1 N–H and O–H groups in total. The number of pyridine rings is 1. The zero-order valence-corrected chi connectivity index (χ0v) is 12.4. The van der Waals surface area contributed by atoms with Crippen LogP contribution in [-0.4, -0.2) is 47.3 Å². The van der Waals surface area contributed by atoms with Crippen molar-refractivity contribution in [2.45, 2.75) is 0 Å². The molecular weight excluding hydrogens is 330 g/mol. The molecular formula is C12H12BrN3O2S. The molecule has 100 valence electrons. The number of carboxylic acid groups (broad SMARTS) is 1. The number of aromatic nitrogens is 1. The Morgan fingerprint density at radius 1 is 1.37 bits per heavy atom. The van der Waals surface area contributed by atoms with Gasteiger partial charge in [0.05, 0.1) is 3.79 Å². The molecule has 0 unspecified atom stereocenters. The molecule has 0 spiro atoms. The molecule has 3 rings (SSSR count). The van der Waals surface area contributed by atoms with E-state index >= 15 is 0 Å². The van der Waals surface area contributed by atoms with E-state index in [1.54, 1.807) is 11.3 Å². The number of fused-ring (bicyclic) bond motifs is 1. The van der Waals surface area contributed by atoms with E-state index in [2.05, 4.69) is 31.9 Å². The van der Waals surface area contributed by atoms with E-state index in [4.69, 9.17) is 5.11 Å². The van der Waals surface area contributed by atoms with Crippen LogP contribution in [0.25, 0.3) is 10.1 Å². The lowest BCUT2D eigenvalue weighted by Crippen LogP contribution is -2.48. The fourth-order valence-corrected chi connectivity index (χ4v) is 3.81. The van der Waals surface area contributed by atoms with Gasteiger partial charge in [0.2, 0.25) is 0 Å². The van der Waals surface area contributed by atoms with Crippen molar-refractivity contribution in [1.82, 2.24) is 9.88 Å². The number of rotatable bonds is 1. The fourth-order valence-electron chi connectivity index (χ4n) is 2.28. The van der Waals surface area contributed by atoms with Crippen LogP contribution in [0.2, 0.25) is 0 Å². The molecule has 1 aliphatic rings. The predicted molar refractivity (Wildman–Crippen MR) is 79.1 cm³/mol. The molecule has 1 amide bonds. The van der Waals surface area contributed by atoms with E-state index in [1.165, 1.54) is 9.60 Å². The number of hydrogen-bond donors (Lipinski definition) is 1. The molecule has 2 aromatic heterocycles. The smallest absolute Gasteiger partial charge is 0.407 e. The van der Waals surface area contributed by atoms with Gasteiger partial charge in [-0.15, -0.1) is 11.3 Å². The maximum absolute atomic E-state index is 10.9. The molecule has 0 saturated carbocycles. The SMILES string of the molecule is O=C(O)N1CCN(c2nccc3sc(Br)cc23)CC1. The summed E-state index contributed by atoms with van der Waals surface area (Å²) >= 11 is 5.18. The van der Waals surface area contributed by atoms with Crippen LogP contribution in [-0.2, 0) is 0 Å². The lowest BCUT2D eigenvalue weighted by molar-refractivity contribution is 0.142. The van der Waals surface area contributed by atoms with Crippen LogP contribution in [0.4, 0.5) is 10.6 Å². The van der Waals surface area contributed by atoms with E-state index in [9.17, 15) is 4.79 Å². The molecule has 3 heterocycles. The van der Waals surface area contributed by atoms with Crippen LogP contribution >= 0.6 is 27.3 Å². The van der Waals surface area contributed by atoms with Crippen LogP contribution in [0, 0.1) is 0 Å². The Morgan fingerprint density at radius 3 is 2.79 bits per heavy atom. The third kappa shape index (κ3) is 2.40. The molecule has 1 saturated heterocycles. The van der Waals surface area contributed by atoms with Crippen molar-refractivity contribution in [2.75, 3.05) is 31.1 Å². The van der Waals surface area contributed by atoms with Gasteiger partial charge in [0.15, 0.2) is 0 Å². The Hall–Kier alpha value is -1.34. The molecule has 1 fully saturated rings. The minimum Gasteiger partial charge on any atom is -0.465 e. The van der Waals surface area contributed by atoms with Crippen molar-refractivity contribution < 1.29 is 9.90 Å². The van der Waals surface area contributed by atoms with Gasteiger partial charge in [0.25, 0.3) is 0 Å². The highest BCUT2D eigenvalue weighted by Crippen LogP contribution is 2.34. The molecule has 7 heteroatoms. The number of piperazine rings is 1. The number of amides is 1. The van der Waals surface area contributed by atoms with Gasteiger partial charge in [-0.05, 0) is 28.1 Å². The number of carbonyl (C=O) groups is 1. The third-order valence-corrected chi connectivity index (χ3v) is 4.85. The largest absolute Gasteiger partial charge is 0.465 e. The second-order valence-corrected chi connectivity index (χ2v) is 6.82. The van der Waals surface area contributed by atoms with Crippen molar-refractivity contribution in [1.29, 1.82) is 0 Å². The first-order valence-corrected chi connectivity index (χ1v) is 7.53. The Morgan fingerprint density at radius 2 is 2.11 bits per heavy atom. The van der Waals surface area contributed by atoms with Gasteiger partial charge in [-0.3, -0.25) is 0 Å². The third-order valence-electron chi connectivity index (χ3n) is 3.24. The molecule has 0 aliphatic carbocycles. The summed E-state index contributed by atoms with van der Waals surface area (Å²) in [5, 5.41) is 10.1. The number of anilines is 1. The first-order valence-electron chi connectivity index (χ1n) is 5.92. The Kier molecular flexibility index (Phi) is 3.32. The van der Waals surface area contributed by atoms with Crippen molar-refractivity contribution in [3.63, 3.8) is 0 Å². The van der Waals surface area contributed by atoms with Crippen LogP contribution < -0.4 is 4.90 Å². The lowest BCUT2D eigenvalue weighted by Gasteiger charge is -2.34. The van der Waals surface area contributed by atoms with Gasteiger partial charge < -0.3 is 14.9 Å². The summed E-state index contributed by atoms with van der Waals surface area (Å²) in [5.74, 6) is 0.949. The molecule has 2 aromatic rings. The zero-order valence-electron chi connectivity index (χ0n) is 10.0. The predicted octanol–water partition coefficient (Wildman–Crippen LogP) is 2.86. The van der Waals surface area contributed by atoms with E-state index in [0.717, 1.165) is 15.0 Å². The lowest BCUT2D eigenvalue weighted by atomic mass is 10.2. The molecule has 0 atom stereocenters. The molecule has 0 aromatic carbocycles. The Labute approximate surface area is 122 Å². The van der Waals surface area contributed by atoms with Crippen LogP contribution in [0.1, 0.15) is 0 Å². The summed E-state index contributed by atoms with van der Waals surface area (Å²) in [6.45, 7) is 2.43. The van der Waals surface area contributed by atoms with Crippen LogP contribution in [0.3, 0.4) is 0 Å². The molecule has 19 heavy (non-hydrogen) atoms. The number of nitrogens with zero attached hydrogens (tertiary/aromatic N) is 3. The first kappa shape index (κ1) is 12.7. The van der Waals surface area contributed by atoms with Gasteiger partial charge in [0.1, 0.15) is 5.82 Å². The normalized spacial score (nSPS) is 16.1. The highest BCUT2D eigenvalue weighted by Gasteiger charge is 2.22. The molecule has 0 bridgehead atoms. The van der Waals surface area contributed by atoms with Crippen molar-refractivity contribution in [3.05, 3.63) is 22.1 Å². The van der Waals surface area contributed by atoms with Gasteiger partial charge in [-0.1, -0.05) is 0 Å². The highest BCUT2D eigenvalue weighted by atomic mass is 79.9. The summed E-state index contributed by atoms with van der Waals surface area (Å²) in [4.78, 5) is 19.0. The summed E-state index contributed by atoms with van der Waals surface area (Å²) in [7, 11) is 0. The topological polar surface area (TPSA) is 56.7 Å². The maximum atomic E-state index is 10.9. The summed E-state index contributed by atoms with van der Waals surface area (Å²) in [5.41, 5.74) is 0. The number of halogens is 1. The summed E-state index contributed by atoms with van der Waals surface area (Å²) < 4.78 is 2.28. The van der Waals surface area contributed by atoms with E-state index in [0.29, 0.717) is 26.2 Å². The standard InChI is InChI=1S/C12H12BrN3O2S/c13-10-7-8-9(19-10)1-2-14-11(8)15-3-5-16(6-4-15)12(17)18/h1-2,7H,3-6H2,(H,17,18). The van der Waals surface area contributed by atoms with E-state index in [-0.39, 0.29) is 0 Å². The molecule has 5 nitrogen and oxygen atoms in total. The fraction of sp³-hybridized carbons (Fsp3) is 0.333. The minimum atomic E-state index is -0.843. The number of thiophene rings is 1. The Bertz CT molecular complexity index is 622. The highest BCUT2D eigenvalue weighted by molar-refractivity contribution is 9.11. The quantitative estimate of drug-likeness (QED) is 0.866. The second-order valence-electron chi connectivity index (χ2n) is 4.35. The van der Waals surface area contributed by atoms with Crippen LogP contribution in [0.15, 0.2) is 22.1 Å². The van der Waals surface area contributed by atoms with Crippen LogP contribution in [0.5, 0.6) is 0 Å². The first-order chi connectivity index (χ1) is 9.15. The van der Waals surface area contributed by atoms with E-state index in [1.807, 2.05) is 12.3 Å². The summed E-state index contributed by atoms with van der Waals surface area (Å²) in [6.07, 6.45) is 0.966. The molecule has 1 aliphatic heterocycles. The average molecular weight is 342 g/mol. The second kappa shape index (κ2) is 4.97. The zero-order chi connectivity index (χ0) is 13.4. The minimum absolute atomic E-state index is 0.526. The van der Waals surface area contributed by atoms with Gasteiger partial charge >= 0.3 is 6.09 Å². The Balaban J connectivity index is 1.87. The summed E-state index contributed by atoms with van der Waals surface area (Å²) in [6, 6.07) is 4.08. The molecule has 0 radical (unpaired) electrons. The van der Waals surface area contributed by atoms with Crippen molar-refractivity contribution in [3.8, 4) is 0 Å². The van der Waals surface area contributed by atoms with Gasteiger partial charge in [-0.2, -0.15) is 0 Å². The average Bonchev–Trinajstić information content (AvgIpc) is 2.78. The number of hydrogen-bond acceptors (Lipinski definition) is 4. The van der Waals surface area contributed by atoms with Gasteiger partial charge in [-0.25, -0.2) is 9.78 Å². The van der Waals surface area contributed by atoms with E-state index < -0.39 is 6.09 Å². The maximum Gasteiger partial charge on any atom is 0.407 e. The monoisotopic (exact) mass is 341 g/mol. The van der Waals surface area contributed by atoms with Crippen molar-refractivity contribution >= 4 is 49.3 Å². The van der Waals surface area contributed by atoms with Crippen molar-refractivity contribution in [2.24, 2.45) is 0 Å². The van der Waals surface area contributed by atoms with Gasteiger partial charge in [0, 0.05) is 42.5 Å².